The molecular formula is C15H12FNO. The van der Waals surface area contributed by atoms with Gasteiger partial charge in [0.25, 0.3) is 0 Å². The third-order valence-electron chi connectivity index (χ3n) is 2.45. The van der Waals surface area contributed by atoms with Crippen molar-refractivity contribution in [2.75, 3.05) is 5.73 Å². The molecule has 0 amide bonds. The molecule has 2 rings (SSSR count). The van der Waals surface area contributed by atoms with Crippen molar-refractivity contribution in [3.05, 3.63) is 71.6 Å². The highest BCUT2D eigenvalue weighted by Crippen LogP contribution is 2.10. The normalized spacial score (nSPS) is 10.7. The molecule has 0 fully saturated rings. The molecule has 0 bridgehead atoms. The van der Waals surface area contributed by atoms with E-state index in [0.29, 0.717) is 16.8 Å². The number of allylic oxidation sites excluding steroid dienone is 1. The molecule has 0 aliphatic carbocycles. The van der Waals surface area contributed by atoms with Crippen LogP contribution in [0.15, 0.2) is 54.6 Å². The van der Waals surface area contributed by atoms with Gasteiger partial charge in [-0.25, -0.2) is 4.39 Å². The first-order chi connectivity index (χ1) is 8.65. The Kier molecular flexibility index (Phi) is 3.53. The minimum Gasteiger partial charge on any atom is -0.399 e. The van der Waals surface area contributed by atoms with Crippen LogP contribution in [0.3, 0.4) is 0 Å². The summed E-state index contributed by atoms with van der Waals surface area (Å²) in [6, 6.07) is 12.8. The summed E-state index contributed by atoms with van der Waals surface area (Å²) in [5, 5.41) is 0. The number of ketones is 1. The van der Waals surface area contributed by atoms with Crippen LogP contribution in [0.25, 0.3) is 6.08 Å². The minimum absolute atomic E-state index is 0.161. The fraction of sp³-hybridized carbons (Fsp3) is 0. The van der Waals surface area contributed by atoms with Gasteiger partial charge in [0.15, 0.2) is 5.78 Å². The van der Waals surface area contributed by atoms with Gasteiger partial charge in [-0.15, -0.1) is 0 Å². The Balaban J connectivity index is 2.17. The van der Waals surface area contributed by atoms with Crippen molar-refractivity contribution in [3.63, 3.8) is 0 Å². The summed E-state index contributed by atoms with van der Waals surface area (Å²) >= 11 is 0. The average Bonchev–Trinajstić information content (AvgIpc) is 2.36. The SMILES string of the molecule is Nc1cccc(C(=O)/C=C/c2cccc(F)c2)c1. The van der Waals surface area contributed by atoms with Crippen LogP contribution >= 0.6 is 0 Å². The van der Waals surface area contributed by atoms with E-state index in [1.54, 1.807) is 42.5 Å². The van der Waals surface area contributed by atoms with E-state index in [9.17, 15) is 9.18 Å². The van der Waals surface area contributed by atoms with E-state index in [1.165, 1.54) is 18.2 Å². The Morgan fingerprint density at radius 2 is 1.89 bits per heavy atom. The smallest absolute Gasteiger partial charge is 0.185 e. The van der Waals surface area contributed by atoms with Crippen LogP contribution in [0.5, 0.6) is 0 Å². The number of anilines is 1. The van der Waals surface area contributed by atoms with Crippen molar-refractivity contribution in [3.8, 4) is 0 Å². The second kappa shape index (κ2) is 5.27. The first-order valence-electron chi connectivity index (χ1n) is 5.49. The molecule has 0 saturated heterocycles. The number of nitrogens with two attached hydrogens (primary N) is 1. The van der Waals surface area contributed by atoms with Crippen molar-refractivity contribution < 1.29 is 9.18 Å². The zero-order valence-corrected chi connectivity index (χ0v) is 9.64. The van der Waals surface area contributed by atoms with Crippen molar-refractivity contribution in [1.29, 1.82) is 0 Å². The summed E-state index contributed by atoms with van der Waals surface area (Å²) < 4.78 is 12.9. The number of hydrogen-bond donors (Lipinski definition) is 1. The van der Waals surface area contributed by atoms with Gasteiger partial charge in [-0.05, 0) is 35.9 Å². The van der Waals surface area contributed by atoms with E-state index in [2.05, 4.69) is 0 Å². The van der Waals surface area contributed by atoms with E-state index in [-0.39, 0.29) is 11.6 Å². The molecule has 18 heavy (non-hydrogen) atoms. The van der Waals surface area contributed by atoms with Crippen LogP contribution in [0.4, 0.5) is 10.1 Å². The maximum absolute atomic E-state index is 12.9. The number of carbonyl (C=O) groups excluding carboxylic acids is 1. The van der Waals surface area contributed by atoms with Gasteiger partial charge in [-0.3, -0.25) is 4.79 Å². The molecule has 0 heterocycles. The summed E-state index contributed by atoms with van der Waals surface area (Å²) in [6.45, 7) is 0. The number of rotatable bonds is 3. The summed E-state index contributed by atoms with van der Waals surface area (Å²) in [7, 11) is 0. The van der Waals surface area contributed by atoms with Gasteiger partial charge in [-0.2, -0.15) is 0 Å². The lowest BCUT2D eigenvalue weighted by molar-refractivity contribution is 0.104. The van der Waals surface area contributed by atoms with Gasteiger partial charge >= 0.3 is 0 Å². The number of hydrogen-bond acceptors (Lipinski definition) is 2. The highest BCUT2D eigenvalue weighted by atomic mass is 19.1. The topological polar surface area (TPSA) is 43.1 Å². The Hall–Kier alpha value is -2.42. The van der Waals surface area contributed by atoms with E-state index >= 15 is 0 Å². The summed E-state index contributed by atoms with van der Waals surface area (Å²) in [4.78, 5) is 11.8. The van der Waals surface area contributed by atoms with Gasteiger partial charge in [0.1, 0.15) is 5.82 Å². The number of halogens is 1. The van der Waals surface area contributed by atoms with E-state index in [1.807, 2.05) is 0 Å². The standard InChI is InChI=1S/C15H12FNO/c16-13-5-1-3-11(9-13)7-8-15(18)12-4-2-6-14(17)10-12/h1-10H,17H2/b8-7+. The average molecular weight is 241 g/mol. The number of carbonyl (C=O) groups is 1. The fourth-order valence-electron chi connectivity index (χ4n) is 1.57. The molecule has 2 aromatic rings. The van der Waals surface area contributed by atoms with Gasteiger partial charge in [0.2, 0.25) is 0 Å². The zero-order chi connectivity index (χ0) is 13.0. The molecule has 2 aromatic carbocycles. The predicted molar refractivity (Wildman–Crippen MR) is 70.6 cm³/mol. The Morgan fingerprint density at radius 3 is 2.61 bits per heavy atom. The summed E-state index contributed by atoms with van der Waals surface area (Å²) in [6.07, 6.45) is 2.98. The molecule has 0 aliphatic heterocycles. The van der Waals surface area contributed by atoms with Crippen LogP contribution < -0.4 is 5.73 Å². The monoisotopic (exact) mass is 241 g/mol. The molecule has 0 aromatic heterocycles. The van der Waals surface area contributed by atoms with E-state index < -0.39 is 0 Å². The van der Waals surface area contributed by atoms with Crippen LogP contribution in [0.1, 0.15) is 15.9 Å². The maximum Gasteiger partial charge on any atom is 0.185 e. The summed E-state index contributed by atoms with van der Waals surface area (Å²) in [5.74, 6) is -0.486. The quantitative estimate of drug-likeness (QED) is 0.509. The van der Waals surface area contributed by atoms with Crippen molar-refractivity contribution in [1.82, 2.24) is 0 Å². The van der Waals surface area contributed by atoms with Crippen LogP contribution in [0, 0.1) is 5.82 Å². The second-order valence-corrected chi connectivity index (χ2v) is 3.88. The van der Waals surface area contributed by atoms with Gasteiger partial charge in [0.05, 0.1) is 0 Å². The molecule has 90 valence electrons. The first-order valence-corrected chi connectivity index (χ1v) is 5.49. The molecule has 2 N–H and O–H groups in total. The molecule has 0 spiro atoms. The molecule has 0 aliphatic rings. The van der Waals surface area contributed by atoms with Gasteiger partial charge < -0.3 is 5.73 Å². The fourth-order valence-corrected chi connectivity index (χ4v) is 1.57. The Morgan fingerprint density at radius 1 is 1.11 bits per heavy atom. The molecule has 0 atom stereocenters. The van der Waals surface area contributed by atoms with Crippen LogP contribution in [0.2, 0.25) is 0 Å². The van der Waals surface area contributed by atoms with Crippen molar-refractivity contribution in [2.45, 2.75) is 0 Å². The van der Waals surface area contributed by atoms with Gasteiger partial charge in [0, 0.05) is 11.3 Å². The lowest BCUT2D eigenvalue weighted by atomic mass is 10.1. The molecule has 2 nitrogen and oxygen atoms in total. The molecule has 3 heteroatoms. The third kappa shape index (κ3) is 3.04. The first kappa shape index (κ1) is 12.0. The van der Waals surface area contributed by atoms with Crippen LogP contribution in [-0.2, 0) is 0 Å². The second-order valence-electron chi connectivity index (χ2n) is 3.88. The number of nitrogen functional groups attached to an aromatic ring is 1. The van der Waals surface area contributed by atoms with Gasteiger partial charge in [-0.1, -0.05) is 30.3 Å². The lowest BCUT2D eigenvalue weighted by Gasteiger charge is -1.97. The molecule has 0 radical (unpaired) electrons. The molecule has 0 saturated carbocycles. The van der Waals surface area contributed by atoms with E-state index in [4.69, 9.17) is 5.73 Å². The van der Waals surface area contributed by atoms with Crippen molar-refractivity contribution in [2.24, 2.45) is 0 Å². The van der Waals surface area contributed by atoms with E-state index in [0.717, 1.165) is 0 Å². The predicted octanol–water partition coefficient (Wildman–Crippen LogP) is 3.30. The van der Waals surface area contributed by atoms with Crippen LogP contribution in [-0.4, -0.2) is 5.78 Å². The Bertz CT molecular complexity index is 605. The molecular weight excluding hydrogens is 229 g/mol. The molecule has 0 unspecified atom stereocenters. The maximum atomic E-state index is 12.9. The highest BCUT2D eigenvalue weighted by molar-refractivity contribution is 6.07. The number of benzene rings is 2. The lowest BCUT2D eigenvalue weighted by Crippen LogP contribution is -1.95. The minimum atomic E-state index is -0.325. The van der Waals surface area contributed by atoms with Crippen molar-refractivity contribution >= 4 is 17.5 Å². The highest BCUT2D eigenvalue weighted by Gasteiger charge is 2.01. The summed E-state index contributed by atoms with van der Waals surface area (Å²) in [5.41, 5.74) is 7.30. The Labute approximate surface area is 105 Å². The third-order valence-corrected chi connectivity index (χ3v) is 2.45. The largest absolute Gasteiger partial charge is 0.399 e. The zero-order valence-electron chi connectivity index (χ0n) is 9.64.